The zero-order chi connectivity index (χ0) is 56.5. The zero-order valence-corrected chi connectivity index (χ0v) is 42.1. The first-order valence-electron chi connectivity index (χ1n) is 23.3. The third-order valence-electron chi connectivity index (χ3n) is 10.9. The molecule has 0 amide bonds. The third kappa shape index (κ3) is 14.0. The Labute approximate surface area is 437 Å². The molecule has 2 atom stereocenters. The van der Waals surface area contributed by atoms with E-state index in [1.807, 2.05) is 0 Å². The Balaban J connectivity index is 0.000000237. The highest BCUT2D eigenvalue weighted by atomic mass is 35.5. The number of imidazole rings is 2. The molecule has 4 aromatic heterocycles. The number of rotatable bonds is 16. The van der Waals surface area contributed by atoms with Crippen molar-refractivity contribution in [2.24, 2.45) is 14.1 Å². The first-order chi connectivity index (χ1) is 36.3. The van der Waals surface area contributed by atoms with Gasteiger partial charge in [0.1, 0.15) is 23.0 Å². The highest BCUT2D eigenvalue weighted by Crippen LogP contribution is 2.32. The van der Waals surface area contributed by atoms with Crippen molar-refractivity contribution in [2.75, 3.05) is 6.61 Å². The lowest BCUT2D eigenvalue weighted by Crippen LogP contribution is -2.42. The van der Waals surface area contributed by atoms with Gasteiger partial charge in [-0.1, -0.05) is 80.3 Å². The van der Waals surface area contributed by atoms with E-state index in [0.29, 0.717) is 34.5 Å². The van der Waals surface area contributed by atoms with Gasteiger partial charge >= 0.3 is 36.1 Å². The monoisotopic (exact) mass is 1110 g/mol. The molecule has 8 rings (SSSR count). The van der Waals surface area contributed by atoms with Crippen LogP contribution < -0.4 is 41.4 Å². The van der Waals surface area contributed by atoms with Crippen LogP contribution in [0.2, 0.25) is 10.0 Å². The normalized spacial score (nSPS) is 12.5. The fourth-order valence-electron chi connectivity index (χ4n) is 7.31. The van der Waals surface area contributed by atoms with E-state index in [2.05, 4.69) is 19.4 Å². The lowest BCUT2D eigenvalue weighted by molar-refractivity contribution is -0.275. The summed E-state index contributed by atoms with van der Waals surface area (Å²) in [5.74, 6) is -1.15. The summed E-state index contributed by atoms with van der Waals surface area (Å²) < 4.78 is 108. The number of aryl methyl sites for hydroxylation is 2. The Bertz CT molecular complexity index is 3350. The van der Waals surface area contributed by atoms with Gasteiger partial charge in [0.05, 0.1) is 45.0 Å². The van der Waals surface area contributed by atoms with Crippen LogP contribution in [0.1, 0.15) is 39.7 Å². The van der Waals surface area contributed by atoms with Crippen molar-refractivity contribution in [3.8, 4) is 35.0 Å². The van der Waals surface area contributed by atoms with Gasteiger partial charge in [0.15, 0.2) is 22.3 Å². The Morgan fingerprint density at radius 2 is 0.961 bits per heavy atom. The number of nitrogens with zero attached hydrogens (tertiary/aromatic N) is 8. The van der Waals surface area contributed by atoms with Crippen LogP contribution in [0, 0.1) is 0 Å². The predicted octanol–water partition coefficient (Wildman–Crippen LogP) is 7.73. The summed E-state index contributed by atoms with van der Waals surface area (Å²) in [6, 6.07) is 22.6. The Hall–Kier alpha value is -7.58. The summed E-state index contributed by atoms with van der Waals surface area (Å²) in [5.41, 5.74) is -1.74. The summed E-state index contributed by atoms with van der Waals surface area (Å²) >= 11 is 11.9. The molecule has 2 unspecified atom stereocenters. The second kappa shape index (κ2) is 24.4. The minimum atomic E-state index is -4.91. The molecule has 4 aromatic carbocycles. The molecular formula is C49H48Cl2F6N8O11. The van der Waals surface area contributed by atoms with Crippen LogP contribution in [0.3, 0.4) is 0 Å². The van der Waals surface area contributed by atoms with Gasteiger partial charge in [0.2, 0.25) is 0 Å². The molecule has 0 bridgehead atoms. The largest absolute Gasteiger partial charge is 0.573 e. The van der Waals surface area contributed by atoms with Gasteiger partial charge in [0, 0.05) is 37.6 Å². The molecule has 406 valence electrons. The highest BCUT2D eigenvalue weighted by molar-refractivity contribution is 6.30. The molecule has 8 aromatic rings. The van der Waals surface area contributed by atoms with Crippen LogP contribution in [0.5, 0.6) is 35.0 Å². The third-order valence-corrected chi connectivity index (χ3v) is 11.4. The van der Waals surface area contributed by atoms with Crippen LogP contribution in [-0.4, -0.2) is 84.2 Å². The average Bonchev–Trinajstić information content (AvgIpc) is 3.91. The summed E-state index contributed by atoms with van der Waals surface area (Å²) in [7, 11) is 2.77. The molecule has 0 saturated carbocycles. The van der Waals surface area contributed by atoms with E-state index in [9.17, 15) is 60.8 Å². The predicted molar refractivity (Wildman–Crippen MR) is 267 cm³/mol. The lowest BCUT2D eigenvalue weighted by atomic mass is 10.2. The molecule has 27 heteroatoms. The molecule has 0 spiro atoms. The molecule has 0 radical (unpaired) electrons. The molecule has 0 fully saturated rings. The number of alkyl halides is 6. The molecule has 0 aliphatic carbocycles. The maximum Gasteiger partial charge on any atom is 0.573 e. The first-order valence-corrected chi connectivity index (χ1v) is 23.3. The van der Waals surface area contributed by atoms with Gasteiger partial charge in [-0.3, -0.25) is 37.0 Å². The van der Waals surface area contributed by atoms with Crippen molar-refractivity contribution >= 4 is 45.5 Å². The number of benzene rings is 4. The smallest absolute Gasteiger partial charge is 0.425 e. The van der Waals surface area contributed by atoms with Crippen molar-refractivity contribution in [3.05, 3.63) is 160 Å². The molecule has 0 saturated heterocycles. The molecule has 4 heterocycles. The standard InChI is InChI=1S/C24H22ClF3N4O5.C23H20ClF3N4O6.C2H6/c1-3-16(33)13-32-21(34)19-20(30(2)23(32)35)29-22(31(19)12-14-7-9-15(25)10-8-14)36-17-5-4-6-18(11-17)37-24(26,27)28;1-29-19-18(20(34)31(22(29)35)11-15(33)12-32)30(10-13-5-7-14(24)8-6-13)21(28-19)36-16-3-2-4-17(9-16)37-23(25,26)27;1-2/h4-11,16,33H,3,12-13H2,1-2H3;2-9,15,32-33H,10-12H2,1H3;1-2H3/i;;1D. The summed E-state index contributed by atoms with van der Waals surface area (Å²) in [6.45, 7) is 2.70. The Kier molecular flexibility index (Phi) is 18.0. The van der Waals surface area contributed by atoms with Crippen molar-refractivity contribution in [1.29, 1.82) is 0 Å². The van der Waals surface area contributed by atoms with Crippen molar-refractivity contribution in [3.63, 3.8) is 0 Å². The van der Waals surface area contributed by atoms with Crippen LogP contribution in [0.15, 0.2) is 116 Å². The number of hydrogen-bond acceptors (Lipinski definition) is 13. The Morgan fingerprint density at radius 1 is 0.605 bits per heavy atom. The lowest BCUT2D eigenvalue weighted by Gasteiger charge is -2.13. The number of ether oxygens (including phenoxy) is 4. The second-order valence-corrected chi connectivity index (χ2v) is 17.1. The fourth-order valence-corrected chi connectivity index (χ4v) is 7.56. The molecule has 0 aliphatic rings. The number of halogens is 8. The number of aliphatic hydroxyl groups is 3. The van der Waals surface area contributed by atoms with E-state index in [0.717, 1.165) is 42.5 Å². The minimum absolute atomic E-state index is 0.00361. The number of aromatic nitrogens is 8. The summed E-state index contributed by atoms with van der Waals surface area (Å²) in [5, 5.41) is 30.1. The molecule has 3 N–H and O–H groups in total. The zero-order valence-electron chi connectivity index (χ0n) is 41.6. The maximum absolute atomic E-state index is 13.5. The van der Waals surface area contributed by atoms with Crippen LogP contribution in [0.25, 0.3) is 22.3 Å². The number of aliphatic hydroxyl groups excluding tert-OH is 3. The van der Waals surface area contributed by atoms with Crippen LogP contribution in [0.4, 0.5) is 26.3 Å². The van der Waals surface area contributed by atoms with E-state index in [-0.39, 0.29) is 65.5 Å². The summed E-state index contributed by atoms with van der Waals surface area (Å²) in [6.07, 6.45) is -11.8. The average molecular weight is 1110 g/mol. The van der Waals surface area contributed by atoms with Gasteiger partial charge in [0.25, 0.3) is 11.1 Å². The van der Waals surface area contributed by atoms with Gasteiger partial charge < -0.3 is 34.3 Å². The molecular weight excluding hydrogens is 1060 g/mol. The summed E-state index contributed by atoms with van der Waals surface area (Å²) in [4.78, 5) is 61.1. The fraction of sp³-hybridized carbons (Fsp3) is 0.306. The number of fused-ring (bicyclic) bond motifs is 2. The van der Waals surface area contributed by atoms with Gasteiger partial charge in [-0.25, -0.2) is 9.59 Å². The topological polar surface area (TPSA) is 221 Å². The van der Waals surface area contributed by atoms with E-state index < -0.39 is 72.1 Å². The number of hydrogen-bond donors (Lipinski definition) is 3. The second-order valence-electron chi connectivity index (χ2n) is 16.2. The van der Waals surface area contributed by atoms with Gasteiger partial charge in [-0.2, -0.15) is 9.97 Å². The van der Waals surface area contributed by atoms with E-state index in [1.54, 1.807) is 62.4 Å². The minimum Gasteiger partial charge on any atom is -0.425 e. The molecule has 19 nitrogen and oxygen atoms in total. The maximum atomic E-state index is 13.5. The van der Waals surface area contributed by atoms with E-state index >= 15 is 0 Å². The SMILES string of the molecule is CCC(O)Cn1c(=O)c2c(nc(Oc3cccc(OC(F)(F)F)c3)n2Cc2ccc(Cl)cc2)n(C)c1=O.Cn1c(=O)n(CC(O)CO)c(=O)c2c1nc(Oc1cccc(OC(F)(F)F)c1)n2Cc1ccc(Cl)cc1.[2H]CC. The van der Waals surface area contributed by atoms with Crippen LogP contribution in [-0.2, 0) is 40.3 Å². The first kappa shape index (κ1) is 56.2. The Morgan fingerprint density at radius 3 is 1.30 bits per heavy atom. The highest BCUT2D eigenvalue weighted by Gasteiger charge is 2.33. The van der Waals surface area contributed by atoms with Crippen molar-refractivity contribution < 1.29 is 62.0 Å². The quantitative estimate of drug-likeness (QED) is 0.0790. The van der Waals surface area contributed by atoms with Crippen molar-refractivity contribution in [2.45, 2.75) is 78.3 Å². The molecule has 0 aliphatic heterocycles. The van der Waals surface area contributed by atoms with E-state index in [1.165, 1.54) is 47.5 Å². The van der Waals surface area contributed by atoms with Crippen LogP contribution >= 0.6 is 23.2 Å². The van der Waals surface area contributed by atoms with Crippen molar-refractivity contribution in [1.82, 2.24) is 37.4 Å². The van der Waals surface area contributed by atoms with E-state index in [4.69, 9.17) is 34.0 Å². The van der Waals surface area contributed by atoms with Gasteiger partial charge in [-0.15, -0.1) is 26.3 Å². The van der Waals surface area contributed by atoms with Gasteiger partial charge in [-0.05, 0) is 66.1 Å². The molecule has 76 heavy (non-hydrogen) atoms.